The fraction of sp³-hybridized carbons (Fsp3) is 1.00. The summed E-state index contributed by atoms with van der Waals surface area (Å²) in [6.45, 7) is 5.59. The molecule has 0 saturated carbocycles. The van der Waals surface area contributed by atoms with Crippen molar-refractivity contribution in [2.24, 2.45) is 5.92 Å². The maximum absolute atomic E-state index is 5.07. The molecule has 0 aromatic rings. The lowest BCUT2D eigenvalue weighted by molar-refractivity contribution is -0.0335. The van der Waals surface area contributed by atoms with Crippen LogP contribution in [0, 0.1) is 5.92 Å². The molecule has 0 N–H and O–H groups in total. The normalized spacial score (nSPS) is 10.7. The standard InChI is InChI=1S/C7H16O2/c1-7(2)4-5-9-6-8-3/h7H,4-6H2,1-3H3. The maximum Gasteiger partial charge on any atom is 0.146 e. The lowest BCUT2D eigenvalue weighted by atomic mass is 10.1. The predicted molar refractivity (Wildman–Crippen MR) is 37.3 cm³/mol. The topological polar surface area (TPSA) is 18.5 Å². The quantitative estimate of drug-likeness (QED) is 0.418. The van der Waals surface area contributed by atoms with Crippen LogP contribution in [0.15, 0.2) is 0 Å². The van der Waals surface area contributed by atoms with Gasteiger partial charge in [-0.1, -0.05) is 13.8 Å². The van der Waals surface area contributed by atoms with Crippen LogP contribution >= 0.6 is 0 Å². The van der Waals surface area contributed by atoms with Gasteiger partial charge in [0.25, 0.3) is 0 Å². The average Bonchev–Trinajstić information content (AvgIpc) is 1.80. The van der Waals surface area contributed by atoms with E-state index in [0.717, 1.165) is 18.9 Å². The van der Waals surface area contributed by atoms with Gasteiger partial charge in [-0.05, 0) is 12.3 Å². The van der Waals surface area contributed by atoms with Gasteiger partial charge in [0.15, 0.2) is 0 Å². The molecular weight excluding hydrogens is 116 g/mol. The molecule has 0 atom stereocenters. The van der Waals surface area contributed by atoms with Crippen LogP contribution in [-0.4, -0.2) is 20.5 Å². The molecule has 56 valence electrons. The van der Waals surface area contributed by atoms with Gasteiger partial charge in [0, 0.05) is 13.7 Å². The Morgan fingerprint density at radius 3 is 2.44 bits per heavy atom. The van der Waals surface area contributed by atoms with E-state index in [0.29, 0.717) is 6.79 Å². The van der Waals surface area contributed by atoms with Crippen molar-refractivity contribution in [3.05, 3.63) is 0 Å². The molecule has 0 heterocycles. The van der Waals surface area contributed by atoms with E-state index >= 15 is 0 Å². The second kappa shape index (κ2) is 6.05. The van der Waals surface area contributed by atoms with Crippen molar-refractivity contribution in [3.63, 3.8) is 0 Å². The highest BCUT2D eigenvalue weighted by atomic mass is 16.7. The third-order valence-corrected chi connectivity index (χ3v) is 1.04. The fourth-order valence-electron chi connectivity index (χ4n) is 0.461. The predicted octanol–water partition coefficient (Wildman–Crippen LogP) is 1.65. The fourth-order valence-corrected chi connectivity index (χ4v) is 0.461. The lowest BCUT2D eigenvalue weighted by Gasteiger charge is -2.03. The van der Waals surface area contributed by atoms with Crippen LogP contribution in [0.5, 0.6) is 0 Å². The van der Waals surface area contributed by atoms with Crippen LogP contribution in [-0.2, 0) is 9.47 Å². The van der Waals surface area contributed by atoms with Crippen LogP contribution in [0.25, 0.3) is 0 Å². The highest BCUT2D eigenvalue weighted by molar-refractivity contribution is 4.40. The smallest absolute Gasteiger partial charge is 0.146 e. The Balaban J connectivity index is 2.75. The Kier molecular flexibility index (Phi) is 5.99. The minimum Gasteiger partial charge on any atom is -0.359 e. The number of ether oxygens (including phenoxy) is 2. The lowest BCUT2D eigenvalue weighted by Crippen LogP contribution is -2.01. The van der Waals surface area contributed by atoms with Gasteiger partial charge in [0.2, 0.25) is 0 Å². The maximum atomic E-state index is 5.07. The van der Waals surface area contributed by atoms with Gasteiger partial charge < -0.3 is 9.47 Å². The van der Waals surface area contributed by atoms with Crippen molar-refractivity contribution in [2.45, 2.75) is 20.3 Å². The van der Waals surface area contributed by atoms with Gasteiger partial charge in [-0.15, -0.1) is 0 Å². The van der Waals surface area contributed by atoms with Crippen molar-refractivity contribution in [1.82, 2.24) is 0 Å². The van der Waals surface area contributed by atoms with Crippen molar-refractivity contribution >= 4 is 0 Å². The van der Waals surface area contributed by atoms with Gasteiger partial charge in [0.05, 0.1) is 0 Å². The summed E-state index contributed by atoms with van der Waals surface area (Å²) in [7, 11) is 1.63. The van der Waals surface area contributed by atoms with Gasteiger partial charge in [0.1, 0.15) is 6.79 Å². The number of hydrogen-bond donors (Lipinski definition) is 0. The molecule has 0 aliphatic heterocycles. The third kappa shape index (κ3) is 7.92. The molecule has 0 saturated heterocycles. The first kappa shape index (κ1) is 8.92. The SMILES string of the molecule is COCOCCC(C)C. The summed E-state index contributed by atoms with van der Waals surface area (Å²) in [5.41, 5.74) is 0. The molecule has 0 rings (SSSR count). The molecule has 2 heteroatoms. The molecule has 0 unspecified atom stereocenters. The van der Waals surface area contributed by atoms with Gasteiger partial charge >= 0.3 is 0 Å². The Labute approximate surface area is 57.2 Å². The molecule has 0 amide bonds. The summed E-state index contributed by atoms with van der Waals surface area (Å²) in [5.74, 6) is 0.724. The van der Waals surface area contributed by atoms with E-state index in [2.05, 4.69) is 13.8 Å². The first-order valence-corrected chi connectivity index (χ1v) is 3.34. The molecule has 2 nitrogen and oxygen atoms in total. The minimum absolute atomic E-state index is 0.423. The van der Waals surface area contributed by atoms with Gasteiger partial charge in [-0.3, -0.25) is 0 Å². The van der Waals surface area contributed by atoms with Crippen molar-refractivity contribution in [3.8, 4) is 0 Å². The molecule has 0 aromatic heterocycles. The Hall–Kier alpha value is -0.0800. The third-order valence-electron chi connectivity index (χ3n) is 1.04. The summed E-state index contributed by atoms with van der Waals surface area (Å²) >= 11 is 0. The molecule has 0 fully saturated rings. The van der Waals surface area contributed by atoms with Crippen LogP contribution in [0.1, 0.15) is 20.3 Å². The van der Waals surface area contributed by atoms with Crippen molar-refractivity contribution in [2.75, 3.05) is 20.5 Å². The van der Waals surface area contributed by atoms with Crippen molar-refractivity contribution < 1.29 is 9.47 Å². The second-order valence-electron chi connectivity index (χ2n) is 2.50. The van der Waals surface area contributed by atoms with Gasteiger partial charge in [-0.2, -0.15) is 0 Å². The van der Waals surface area contributed by atoms with E-state index < -0.39 is 0 Å². The largest absolute Gasteiger partial charge is 0.359 e. The highest BCUT2D eigenvalue weighted by Gasteiger charge is 1.91. The van der Waals surface area contributed by atoms with Crippen LogP contribution in [0.2, 0.25) is 0 Å². The molecule has 0 bridgehead atoms. The molecule has 0 spiro atoms. The Bertz CT molecular complexity index is 52.9. The van der Waals surface area contributed by atoms with E-state index in [4.69, 9.17) is 9.47 Å². The van der Waals surface area contributed by atoms with Crippen LogP contribution in [0.3, 0.4) is 0 Å². The zero-order valence-corrected chi connectivity index (χ0v) is 6.52. The van der Waals surface area contributed by atoms with E-state index in [-0.39, 0.29) is 0 Å². The molecular formula is C7H16O2. The molecule has 0 aromatic carbocycles. The van der Waals surface area contributed by atoms with E-state index in [1.807, 2.05) is 0 Å². The Morgan fingerprint density at radius 2 is 2.00 bits per heavy atom. The average molecular weight is 132 g/mol. The number of hydrogen-bond acceptors (Lipinski definition) is 2. The summed E-state index contributed by atoms with van der Waals surface area (Å²) in [5, 5.41) is 0. The Morgan fingerprint density at radius 1 is 1.33 bits per heavy atom. The van der Waals surface area contributed by atoms with Crippen LogP contribution < -0.4 is 0 Å². The van der Waals surface area contributed by atoms with Crippen LogP contribution in [0.4, 0.5) is 0 Å². The minimum atomic E-state index is 0.423. The van der Waals surface area contributed by atoms with Crippen molar-refractivity contribution in [1.29, 1.82) is 0 Å². The van der Waals surface area contributed by atoms with E-state index in [9.17, 15) is 0 Å². The monoisotopic (exact) mass is 132 g/mol. The zero-order chi connectivity index (χ0) is 7.11. The first-order valence-electron chi connectivity index (χ1n) is 3.34. The number of rotatable bonds is 5. The van der Waals surface area contributed by atoms with E-state index in [1.54, 1.807) is 7.11 Å². The summed E-state index contributed by atoms with van der Waals surface area (Å²) in [4.78, 5) is 0. The molecule has 0 aliphatic rings. The molecule has 0 aliphatic carbocycles. The first-order chi connectivity index (χ1) is 4.27. The second-order valence-corrected chi connectivity index (χ2v) is 2.50. The summed E-state index contributed by atoms with van der Waals surface area (Å²) in [6.07, 6.45) is 1.11. The van der Waals surface area contributed by atoms with E-state index in [1.165, 1.54) is 0 Å². The number of methoxy groups -OCH3 is 1. The summed E-state index contributed by atoms with van der Waals surface area (Å²) < 4.78 is 9.77. The molecule has 0 radical (unpaired) electrons. The highest BCUT2D eigenvalue weighted by Crippen LogP contribution is 1.98. The van der Waals surface area contributed by atoms with Gasteiger partial charge in [-0.25, -0.2) is 0 Å². The molecule has 9 heavy (non-hydrogen) atoms. The summed E-state index contributed by atoms with van der Waals surface area (Å²) in [6, 6.07) is 0. The zero-order valence-electron chi connectivity index (χ0n) is 6.52.